The maximum Gasteiger partial charge on any atom is 0.314 e. The summed E-state index contributed by atoms with van der Waals surface area (Å²) in [6, 6.07) is 4.76. The van der Waals surface area contributed by atoms with Crippen molar-refractivity contribution < 1.29 is 14.4 Å². The number of nitrogens with one attached hydrogen (secondary N) is 1. The van der Waals surface area contributed by atoms with Crippen LogP contribution in [0.15, 0.2) is 17.5 Å². The molecule has 0 amide bonds. The summed E-state index contributed by atoms with van der Waals surface area (Å²) in [5, 5.41) is 7.00. The van der Waals surface area contributed by atoms with E-state index in [2.05, 4.69) is 22.1 Å². The van der Waals surface area contributed by atoms with Crippen LogP contribution in [0.2, 0.25) is 0 Å². The van der Waals surface area contributed by atoms with Gasteiger partial charge in [-0.3, -0.25) is 4.79 Å². The molecular weight excluding hydrogens is 380 g/mol. The Morgan fingerprint density at radius 2 is 2.30 bits per heavy atom. The third-order valence-corrected chi connectivity index (χ3v) is 6.66. The molecule has 2 fully saturated rings. The fraction of sp³-hybridized carbons (Fsp3) is 0.632. The monoisotopic (exact) mass is 407 g/mol. The third-order valence-electron chi connectivity index (χ3n) is 5.38. The number of carbonyl (C=O) groups is 1. The average Bonchev–Trinajstić information content (AvgIpc) is 3.27. The second-order valence-electron chi connectivity index (χ2n) is 7.51. The number of esters is 1. The molecule has 2 aromatic heterocycles. The first kappa shape index (κ1) is 18.8. The summed E-state index contributed by atoms with van der Waals surface area (Å²) in [5.41, 5.74) is 0. The van der Waals surface area contributed by atoms with Crippen molar-refractivity contribution in [3.05, 3.63) is 33.0 Å². The Bertz CT molecular complexity index is 839. The quantitative estimate of drug-likeness (QED) is 0.565. The van der Waals surface area contributed by atoms with Gasteiger partial charge >= 0.3 is 5.97 Å². The van der Waals surface area contributed by atoms with Crippen molar-refractivity contribution in [2.45, 2.75) is 51.7 Å². The van der Waals surface area contributed by atoms with Crippen LogP contribution in [0.25, 0.3) is 0 Å². The summed E-state index contributed by atoms with van der Waals surface area (Å²) >= 11 is 7.54. The van der Waals surface area contributed by atoms with E-state index < -0.39 is 0 Å². The maximum absolute atomic E-state index is 12.1. The van der Waals surface area contributed by atoms with Crippen LogP contribution >= 0.6 is 23.6 Å². The Balaban J connectivity index is 1.50. The zero-order valence-electron chi connectivity index (χ0n) is 15.7. The molecule has 1 saturated carbocycles. The van der Waals surface area contributed by atoms with Crippen LogP contribution in [0.5, 0.6) is 0 Å². The normalized spacial score (nSPS) is 22.7. The van der Waals surface area contributed by atoms with Gasteiger partial charge in [0.1, 0.15) is 11.7 Å². The largest absolute Gasteiger partial charge is 0.466 e. The average molecular weight is 408 g/mol. The first-order chi connectivity index (χ1) is 13.2. The molecule has 1 unspecified atom stereocenters. The van der Waals surface area contributed by atoms with E-state index in [9.17, 15) is 4.79 Å². The molecule has 1 N–H and O–H groups in total. The summed E-state index contributed by atoms with van der Waals surface area (Å²) in [4.78, 5) is 14.8. The Hall–Kier alpha value is -1.51. The number of rotatable bonds is 7. The van der Waals surface area contributed by atoms with E-state index in [0.29, 0.717) is 12.6 Å². The third kappa shape index (κ3) is 4.33. The lowest BCUT2D eigenvalue weighted by atomic mass is 9.99. The minimum Gasteiger partial charge on any atom is -0.466 e. The van der Waals surface area contributed by atoms with Crippen LogP contribution in [0, 0.1) is 10.7 Å². The van der Waals surface area contributed by atoms with Crippen molar-refractivity contribution in [1.82, 2.24) is 14.3 Å². The smallest absolute Gasteiger partial charge is 0.314 e. The standard InChI is InChI=1S/C19H26N4O2S2/c1-2-25-18(24)14-5-3-9-21(12-14)13-22-19(26)23(15-7-8-15)17(20-22)11-16-6-4-10-27-16/h4,6,10,14-15H,2-3,5,7-9,11-13H2,1H3/p+1/t14-/m1/s1. The second kappa shape index (κ2) is 8.24. The molecule has 2 aromatic rings. The topological polar surface area (TPSA) is 53.5 Å². The molecule has 0 spiro atoms. The van der Waals surface area contributed by atoms with Crippen molar-refractivity contribution >= 4 is 29.5 Å². The fourth-order valence-corrected chi connectivity index (χ4v) is 4.99. The lowest BCUT2D eigenvalue weighted by Gasteiger charge is -2.28. The van der Waals surface area contributed by atoms with Gasteiger partial charge in [0.2, 0.25) is 4.77 Å². The molecule has 0 radical (unpaired) electrons. The molecular formula is C19H27N4O2S2+. The van der Waals surface area contributed by atoms with Gasteiger partial charge in [-0.15, -0.1) is 11.3 Å². The number of hydrogen-bond acceptors (Lipinski definition) is 5. The Kier molecular flexibility index (Phi) is 5.75. The van der Waals surface area contributed by atoms with Crippen LogP contribution < -0.4 is 4.90 Å². The number of ether oxygens (including phenoxy) is 1. The first-order valence-corrected chi connectivity index (χ1v) is 11.1. The van der Waals surface area contributed by atoms with Crippen molar-refractivity contribution in [2.24, 2.45) is 5.92 Å². The van der Waals surface area contributed by atoms with Crippen molar-refractivity contribution in [1.29, 1.82) is 0 Å². The lowest BCUT2D eigenvalue weighted by molar-refractivity contribution is -0.930. The molecule has 8 heteroatoms. The molecule has 3 heterocycles. The Morgan fingerprint density at radius 3 is 3.00 bits per heavy atom. The highest BCUT2D eigenvalue weighted by Gasteiger charge is 2.32. The lowest BCUT2D eigenvalue weighted by Crippen LogP contribution is -3.13. The minimum absolute atomic E-state index is 0.000946. The molecule has 1 saturated heterocycles. The number of carbonyl (C=O) groups excluding carboxylic acids is 1. The van der Waals surface area contributed by atoms with Gasteiger partial charge in [-0.2, -0.15) is 9.78 Å². The second-order valence-corrected chi connectivity index (χ2v) is 8.91. The molecule has 1 aliphatic carbocycles. The molecule has 4 rings (SSSR count). The number of piperidine rings is 1. The van der Waals surface area contributed by atoms with E-state index in [1.54, 1.807) is 11.3 Å². The highest BCUT2D eigenvalue weighted by atomic mass is 32.1. The van der Waals surface area contributed by atoms with Gasteiger partial charge in [-0.05, 0) is 56.3 Å². The van der Waals surface area contributed by atoms with Crippen LogP contribution in [-0.2, 0) is 22.6 Å². The number of aromatic nitrogens is 3. The van der Waals surface area contributed by atoms with Crippen LogP contribution in [0.4, 0.5) is 0 Å². The maximum atomic E-state index is 12.1. The van der Waals surface area contributed by atoms with E-state index in [4.69, 9.17) is 22.1 Å². The van der Waals surface area contributed by atoms with Gasteiger partial charge in [-0.25, -0.2) is 0 Å². The van der Waals surface area contributed by atoms with Crippen LogP contribution in [0.1, 0.15) is 49.4 Å². The summed E-state index contributed by atoms with van der Waals surface area (Å²) in [6.07, 6.45) is 5.19. The Morgan fingerprint density at radius 1 is 1.44 bits per heavy atom. The number of hydrogen-bond donors (Lipinski definition) is 1. The molecule has 27 heavy (non-hydrogen) atoms. The molecule has 2 aliphatic rings. The predicted octanol–water partition coefficient (Wildman–Crippen LogP) is 2.22. The highest BCUT2D eigenvalue weighted by molar-refractivity contribution is 7.71. The molecule has 0 bridgehead atoms. The van der Waals surface area contributed by atoms with Gasteiger partial charge < -0.3 is 14.2 Å². The SMILES string of the molecule is CCOC(=O)[C@@H]1CCC[NH+](Cn2nc(Cc3cccs3)n(C3CC3)c2=S)C1. The predicted molar refractivity (Wildman–Crippen MR) is 107 cm³/mol. The van der Waals surface area contributed by atoms with E-state index in [-0.39, 0.29) is 11.9 Å². The molecule has 6 nitrogen and oxygen atoms in total. The van der Waals surface area contributed by atoms with Gasteiger partial charge in [0.15, 0.2) is 6.67 Å². The molecule has 0 aromatic carbocycles. The minimum atomic E-state index is -0.0554. The van der Waals surface area contributed by atoms with E-state index >= 15 is 0 Å². The summed E-state index contributed by atoms with van der Waals surface area (Å²) in [6.45, 7) is 4.90. The van der Waals surface area contributed by atoms with E-state index in [0.717, 1.165) is 49.6 Å². The van der Waals surface area contributed by atoms with E-state index in [1.165, 1.54) is 22.6 Å². The van der Waals surface area contributed by atoms with Crippen molar-refractivity contribution in [3.63, 3.8) is 0 Å². The van der Waals surface area contributed by atoms with Gasteiger partial charge in [0.25, 0.3) is 0 Å². The van der Waals surface area contributed by atoms with Crippen LogP contribution in [0.3, 0.4) is 0 Å². The number of thiophene rings is 1. The number of quaternary nitrogens is 1. The summed E-state index contributed by atoms with van der Waals surface area (Å²) in [7, 11) is 0. The van der Waals surface area contributed by atoms with Crippen LogP contribution in [-0.4, -0.2) is 40.0 Å². The Labute approximate surface area is 168 Å². The van der Waals surface area contributed by atoms with E-state index in [1.807, 2.05) is 11.6 Å². The zero-order chi connectivity index (χ0) is 18.8. The first-order valence-electron chi connectivity index (χ1n) is 9.86. The highest BCUT2D eigenvalue weighted by Crippen LogP contribution is 2.36. The van der Waals surface area contributed by atoms with Gasteiger partial charge in [-0.1, -0.05) is 6.07 Å². The van der Waals surface area contributed by atoms with Gasteiger partial charge in [0.05, 0.1) is 19.7 Å². The fourth-order valence-electron chi connectivity index (χ4n) is 3.92. The van der Waals surface area contributed by atoms with Crippen molar-refractivity contribution in [2.75, 3.05) is 19.7 Å². The zero-order valence-corrected chi connectivity index (χ0v) is 17.4. The number of nitrogens with zero attached hydrogens (tertiary/aromatic N) is 3. The molecule has 2 atom stereocenters. The van der Waals surface area contributed by atoms with Crippen molar-refractivity contribution in [3.8, 4) is 0 Å². The molecule has 1 aliphatic heterocycles. The molecule has 146 valence electrons. The summed E-state index contributed by atoms with van der Waals surface area (Å²) < 4.78 is 10.3. The summed E-state index contributed by atoms with van der Waals surface area (Å²) in [5.74, 6) is 1.02. The number of likely N-dealkylation sites (tertiary alicyclic amines) is 1. The van der Waals surface area contributed by atoms with Gasteiger partial charge in [0, 0.05) is 17.3 Å².